The molecule has 0 bridgehead atoms. The van der Waals surface area contributed by atoms with Crippen molar-refractivity contribution < 1.29 is 9.59 Å². The van der Waals surface area contributed by atoms with Crippen molar-refractivity contribution in [3.63, 3.8) is 0 Å². The van der Waals surface area contributed by atoms with Crippen LogP contribution in [0.5, 0.6) is 0 Å². The topological polar surface area (TPSA) is 111 Å². The Morgan fingerprint density at radius 1 is 1.33 bits per heavy atom. The van der Waals surface area contributed by atoms with Crippen LogP contribution in [0.3, 0.4) is 0 Å². The highest BCUT2D eigenvalue weighted by atomic mass is 32.2. The van der Waals surface area contributed by atoms with Crippen molar-refractivity contribution >= 4 is 35.0 Å². The van der Waals surface area contributed by atoms with Crippen LogP contribution in [0, 0.1) is 17.2 Å². The molecule has 30 heavy (non-hydrogen) atoms. The van der Waals surface area contributed by atoms with Gasteiger partial charge in [0.2, 0.25) is 5.91 Å². The zero-order valence-electron chi connectivity index (χ0n) is 16.6. The van der Waals surface area contributed by atoms with Crippen molar-refractivity contribution in [1.82, 2.24) is 20.2 Å². The van der Waals surface area contributed by atoms with Crippen LogP contribution in [0.1, 0.15) is 25.3 Å². The fourth-order valence-electron chi connectivity index (χ4n) is 3.69. The molecular formula is C21H22N6O2S. The van der Waals surface area contributed by atoms with E-state index in [0.29, 0.717) is 0 Å². The maximum atomic E-state index is 12.1. The van der Waals surface area contributed by atoms with Gasteiger partial charge in [-0.3, -0.25) is 14.5 Å². The normalized spacial score (nSPS) is 17.1. The predicted molar refractivity (Wildman–Crippen MR) is 112 cm³/mol. The van der Waals surface area contributed by atoms with Crippen LogP contribution < -0.4 is 10.6 Å². The van der Waals surface area contributed by atoms with Crippen molar-refractivity contribution in [2.75, 3.05) is 18.4 Å². The maximum Gasteiger partial charge on any atom is 0.245 e. The number of nitriles is 1. The van der Waals surface area contributed by atoms with E-state index in [1.807, 2.05) is 0 Å². The van der Waals surface area contributed by atoms with Crippen LogP contribution in [-0.2, 0) is 16.1 Å². The van der Waals surface area contributed by atoms with Crippen LogP contribution in [0.4, 0.5) is 11.5 Å². The van der Waals surface area contributed by atoms with Gasteiger partial charge in [0.05, 0.1) is 11.8 Å². The van der Waals surface area contributed by atoms with Gasteiger partial charge in [0.15, 0.2) is 17.5 Å². The SMILES string of the molecule is CC(=O)C(C#N)C(=O)NC1CCN(Cc2ccc3c(c2)Nc2nccnc2S3)CC1. The third-order valence-electron chi connectivity index (χ3n) is 5.31. The molecule has 0 saturated carbocycles. The van der Waals surface area contributed by atoms with E-state index in [2.05, 4.69) is 43.7 Å². The molecule has 1 amide bonds. The molecule has 2 aromatic rings. The van der Waals surface area contributed by atoms with E-state index < -0.39 is 17.6 Å². The number of likely N-dealkylation sites (tertiary alicyclic amines) is 1. The fraction of sp³-hybridized carbons (Fsp3) is 0.381. The van der Waals surface area contributed by atoms with Crippen LogP contribution in [0.25, 0.3) is 0 Å². The molecule has 0 aliphatic carbocycles. The first kappa shape index (κ1) is 20.3. The summed E-state index contributed by atoms with van der Waals surface area (Å²) in [5.74, 6) is -1.33. The Bertz CT molecular complexity index is 1010. The predicted octanol–water partition coefficient (Wildman–Crippen LogP) is 2.49. The number of carbonyl (C=O) groups is 2. The Morgan fingerprint density at radius 2 is 2.10 bits per heavy atom. The molecule has 1 fully saturated rings. The second-order valence-corrected chi connectivity index (χ2v) is 8.53. The number of piperidine rings is 1. The second kappa shape index (κ2) is 8.81. The van der Waals surface area contributed by atoms with Gasteiger partial charge in [0.1, 0.15) is 5.03 Å². The number of ketones is 1. The Kier molecular flexibility index (Phi) is 5.97. The van der Waals surface area contributed by atoms with Crippen molar-refractivity contribution in [2.24, 2.45) is 5.92 Å². The molecule has 8 nitrogen and oxygen atoms in total. The number of anilines is 2. The quantitative estimate of drug-likeness (QED) is 0.604. The number of nitrogens with one attached hydrogen (secondary N) is 2. The summed E-state index contributed by atoms with van der Waals surface area (Å²) in [5, 5.41) is 16.1. The van der Waals surface area contributed by atoms with E-state index in [1.54, 1.807) is 30.2 Å². The summed E-state index contributed by atoms with van der Waals surface area (Å²) in [6, 6.07) is 8.17. The van der Waals surface area contributed by atoms with Gasteiger partial charge in [-0.15, -0.1) is 0 Å². The number of hydrogen-bond acceptors (Lipinski definition) is 8. The molecule has 0 spiro atoms. The van der Waals surface area contributed by atoms with Crippen LogP contribution >= 0.6 is 11.8 Å². The van der Waals surface area contributed by atoms with Gasteiger partial charge in [-0.25, -0.2) is 9.97 Å². The first-order valence-electron chi connectivity index (χ1n) is 9.85. The summed E-state index contributed by atoms with van der Waals surface area (Å²) in [7, 11) is 0. The van der Waals surface area contributed by atoms with Crippen molar-refractivity contribution in [3.8, 4) is 6.07 Å². The van der Waals surface area contributed by atoms with Gasteiger partial charge in [0.25, 0.3) is 0 Å². The molecule has 4 rings (SSSR count). The Hall–Kier alpha value is -2.96. The van der Waals surface area contributed by atoms with Gasteiger partial charge in [-0.1, -0.05) is 17.8 Å². The molecule has 2 aliphatic rings. The zero-order valence-corrected chi connectivity index (χ0v) is 17.4. The Morgan fingerprint density at radius 3 is 2.83 bits per heavy atom. The highest BCUT2D eigenvalue weighted by Gasteiger charge is 2.27. The lowest BCUT2D eigenvalue weighted by Gasteiger charge is -2.32. The number of hydrogen-bond donors (Lipinski definition) is 2. The summed E-state index contributed by atoms with van der Waals surface area (Å²) in [5.41, 5.74) is 2.25. The highest BCUT2D eigenvalue weighted by Crippen LogP contribution is 2.42. The zero-order chi connectivity index (χ0) is 21.1. The summed E-state index contributed by atoms with van der Waals surface area (Å²) in [4.78, 5) is 35.6. The highest BCUT2D eigenvalue weighted by molar-refractivity contribution is 7.99. The number of Topliss-reactive ketones (excluding diaryl/α,β-unsaturated/α-hetero) is 1. The molecule has 9 heteroatoms. The molecule has 1 atom stereocenters. The minimum Gasteiger partial charge on any atom is -0.352 e. The molecule has 154 valence electrons. The van der Waals surface area contributed by atoms with Crippen LogP contribution in [-0.4, -0.2) is 45.7 Å². The van der Waals surface area contributed by atoms with Gasteiger partial charge in [-0.2, -0.15) is 5.26 Å². The fourth-order valence-corrected chi connectivity index (χ4v) is 4.57. The minimum atomic E-state index is -1.21. The average molecular weight is 423 g/mol. The maximum absolute atomic E-state index is 12.1. The molecule has 1 aromatic heterocycles. The Labute approximate surface area is 179 Å². The third-order valence-corrected chi connectivity index (χ3v) is 6.37. The monoisotopic (exact) mass is 422 g/mol. The summed E-state index contributed by atoms with van der Waals surface area (Å²) in [6.45, 7) is 3.78. The number of aromatic nitrogens is 2. The molecule has 2 N–H and O–H groups in total. The van der Waals surface area contributed by atoms with Crippen LogP contribution in [0.2, 0.25) is 0 Å². The van der Waals surface area contributed by atoms with Gasteiger partial charge < -0.3 is 10.6 Å². The first-order valence-corrected chi connectivity index (χ1v) is 10.7. The van der Waals surface area contributed by atoms with E-state index >= 15 is 0 Å². The van der Waals surface area contributed by atoms with E-state index in [0.717, 1.165) is 53.9 Å². The summed E-state index contributed by atoms with van der Waals surface area (Å²) >= 11 is 1.61. The van der Waals surface area contributed by atoms with Crippen molar-refractivity contribution in [2.45, 2.75) is 42.3 Å². The lowest BCUT2D eigenvalue weighted by molar-refractivity contribution is -0.131. The largest absolute Gasteiger partial charge is 0.352 e. The molecule has 1 unspecified atom stereocenters. The van der Waals surface area contributed by atoms with E-state index in [-0.39, 0.29) is 6.04 Å². The number of benzene rings is 1. The Balaban J connectivity index is 1.31. The smallest absolute Gasteiger partial charge is 0.245 e. The van der Waals surface area contributed by atoms with E-state index in [4.69, 9.17) is 5.26 Å². The second-order valence-electron chi connectivity index (χ2n) is 7.50. The summed E-state index contributed by atoms with van der Waals surface area (Å²) in [6.07, 6.45) is 4.96. The van der Waals surface area contributed by atoms with Crippen molar-refractivity contribution in [3.05, 3.63) is 36.2 Å². The van der Waals surface area contributed by atoms with Gasteiger partial charge in [0, 0.05) is 43.0 Å². The number of nitrogens with zero attached hydrogens (tertiary/aromatic N) is 4. The molecule has 2 aliphatic heterocycles. The average Bonchev–Trinajstić information content (AvgIpc) is 2.74. The number of fused-ring (bicyclic) bond motifs is 2. The van der Waals surface area contributed by atoms with Gasteiger partial charge >= 0.3 is 0 Å². The van der Waals surface area contributed by atoms with E-state index in [1.165, 1.54) is 12.5 Å². The molecular weight excluding hydrogens is 400 g/mol. The lowest BCUT2D eigenvalue weighted by atomic mass is 10.0. The third kappa shape index (κ3) is 4.45. The first-order chi connectivity index (χ1) is 14.5. The lowest BCUT2D eigenvalue weighted by Crippen LogP contribution is -2.46. The number of amides is 1. The number of rotatable bonds is 5. The van der Waals surface area contributed by atoms with Crippen molar-refractivity contribution in [1.29, 1.82) is 5.26 Å². The summed E-state index contributed by atoms with van der Waals surface area (Å²) < 4.78 is 0. The standard InChI is InChI=1S/C21H22N6O2S/c1-13(28)16(11-22)20(29)25-15-4-8-27(9-5-15)12-14-2-3-18-17(10-14)26-19-21(30-18)24-7-6-23-19/h2-3,6-7,10,15-16H,4-5,8-9,12H2,1H3,(H,23,26)(H,25,29). The van der Waals surface area contributed by atoms with Gasteiger partial charge in [-0.05, 0) is 37.5 Å². The molecule has 0 radical (unpaired) electrons. The molecule has 1 aromatic carbocycles. The van der Waals surface area contributed by atoms with E-state index in [9.17, 15) is 9.59 Å². The number of carbonyl (C=O) groups excluding carboxylic acids is 2. The minimum absolute atomic E-state index is 0.000579. The molecule has 3 heterocycles. The van der Waals surface area contributed by atoms with Crippen LogP contribution in [0.15, 0.2) is 40.5 Å². The molecule has 1 saturated heterocycles.